The third kappa shape index (κ3) is 3.15. The van der Waals surface area contributed by atoms with E-state index in [1.165, 1.54) is 5.56 Å². The highest BCUT2D eigenvalue weighted by Gasteiger charge is 2.09. The van der Waals surface area contributed by atoms with Gasteiger partial charge in [0.05, 0.1) is 13.2 Å². The molecule has 0 aliphatic heterocycles. The van der Waals surface area contributed by atoms with Crippen molar-refractivity contribution in [1.29, 1.82) is 0 Å². The molecule has 0 fully saturated rings. The number of aliphatic hydroxyl groups is 1. The van der Waals surface area contributed by atoms with Crippen LogP contribution in [0.4, 0.5) is 0 Å². The number of hydrogen-bond donors (Lipinski definition) is 2. The van der Waals surface area contributed by atoms with Gasteiger partial charge < -0.3 is 10.4 Å². The molecular formula is C13H19NO2. The van der Waals surface area contributed by atoms with Crippen LogP contribution in [0.25, 0.3) is 0 Å². The average molecular weight is 221 g/mol. The highest BCUT2D eigenvalue weighted by molar-refractivity contribution is 5.99. The number of ketones is 1. The summed E-state index contributed by atoms with van der Waals surface area (Å²) in [4.78, 5) is 11.9. The van der Waals surface area contributed by atoms with Gasteiger partial charge in [-0.15, -0.1) is 0 Å². The maximum absolute atomic E-state index is 11.9. The van der Waals surface area contributed by atoms with Crippen LogP contribution in [0, 0.1) is 20.8 Å². The number of carbonyl (C=O) groups is 1. The number of aliphatic hydroxyl groups excluding tert-OH is 1. The highest BCUT2D eigenvalue weighted by atomic mass is 16.3. The number of hydrogen-bond acceptors (Lipinski definition) is 3. The molecule has 0 aromatic heterocycles. The number of aryl methyl sites for hydroxylation is 3. The van der Waals surface area contributed by atoms with Crippen molar-refractivity contribution < 1.29 is 9.90 Å². The lowest BCUT2D eigenvalue weighted by Gasteiger charge is -2.09. The van der Waals surface area contributed by atoms with Crippen molar-refractivity contribution in [2.24, 2.45) is 0 Å². The number of rotatable bonds is 5. The molecule has 0 bridgehead atoms. The standard InChI is InChI=1S/C13H19NO2/c1-9-6-11(3)12(7-10(9)2)13(16)8-14-4-5-15/h6-7,14-15H,4-5,8H2,1-3H3. The minimum atomic E-state index is 0.0547. The summed E-state index contributed by atoms with van der Waals surface area (Å²) < 4.78 is 0. The molecule has 0 saturated carbocycles. The van der Waals surface area contributed by atoms with Crippen molar-refractivity contribution in [1.82, 2.24) is 5.32 Å². The summed E-state index contributed by atoms with van der Waals surface area (Å²) >= 11 is 0. The van der Waals surface area contributed by atoms with E-state index in [0.717, 1.165) is 16.7 Å². The zero-order valence-electron chi connectivity index (χ0n) is 10.1. The molecule has 3 nitrogen and oxygen atoms in total. The third-order valence-corrected chi connectivity index (χ3v) is 2.72. The summed E-state index contributed by atoms with van der Waals surface area (Å²) in [5.41, 5.74) is 4.13. The van der Waals surface area contributed by atoms with Gasteiger partial charge in [-0.2, -0.15) is 0 Å². The van der Waals surface area contributed by atoms with Crippen LogP contribution in [0.3, 0.4) is 0 Å². The van der Waals surface area contributed by atoms with E-state index in [4.69, 9.17) is 5.11 Å². The monoisotopic (exact) mass is 221 g/mol. The molecule has 1 aromatic rings. The van der Waals surface area contributed by atoms with Gasteiger partial charge in [0.2, 0.25) is 0 Å². The fourth-order valence-corrected chi connectivity index (χ4v) is 1.64. The third-order valence-electron chi connectivity index (χ3n) is 2.72. The molecule has 88 valence electrons. The maximum atomic E-state index is 11.9. The molecule has 0 unspecified atom stereocenters. The molecule has 3 heteroatoms. The lowest BCUT2D eigenvalue weighted by atomic mass is 9.98. The van der Waals surface area contributed by atoms with Crippen molar-refractivity contribution in [2.75, 3.05) is 19.7 Å². The summed E-state index contributed by atoms with van der Waals surface area (Å²) in [5, 5.41) is 11.5. The molecule has 0 radical (unpaired) electrons. The Hall–Kier alpha value is -1.19. The van der Waals surface area contributed by atoms with E-state index >= 15 is 0 Å². The molecule has 0 atom stereocenters. The molecule has 16 heavy (non-hydrogen) atoms. The van der Waals surface area contributed by atoms with Crippen LogP contribution in [-0.4, -0.2) is 30.6 Å². The van der Waals surface area contributed by atoms with E-state index in [1.54, 1.807) is 0 Å². The second-order valence-corrected chi connectivity index (χ2v) is 4.07. The van der Waals surface area contributed by atoms with Gasteiger partial charge in [0, 0.05) is 12.1 Å². The van der Waals surface area contributed by atoms with Crippen LogP contribution in [0.15, 0.2) is 12.1 Å². The van der Waals surface area contributed by atoms with E-state index in [9.17, 15) is 4.79 Å². The van der Waals surface area contributed by atoms with Crippen molar-refractivity contribution in [3.63, 3.8) is 0 Å². The molecular weight excluding hydrogens is 202 g/mol. The zero-order valence-corrected chi connectivity index (χ0v) is 10.1. The van der Waals surface area contributed by atoms with Gasteiger partial charge in [0.1, 0.15) is 0 Å². The molecule has 0 saturated heterocycles. The summed E-state index contributed by atoms with van der Waals surface area (Å²) in [6, 6.07) is 3.97. The molecule has 1 aromatic carbocycles. The first-order valence-electron chi connectivity index (χ1n) is 5.49. The van der Waals surface area contributed by atoms with E-state index < -0.39 is 0 Å². The van der Waals surface area contributed by atoms with Crippen LogP contribution in [0.5, 0.6) is 0 Å². The quantitative estimate of drug-likeness (QED) is 0.583. The fraction of sp³-hybridized carbons (Fsp3) is 0.462. The summed E-state index contributed by atoms with van der Waals surface area (Å²) in [7, 11) is 0. The topological polar surface area (TPSA) is 49.3 Å². The lowest BCUT2D eigenvalue weighted by molar-refractivity contribution is 0.0989. The Morgan fingerprint density at radius 3 is 2.44 bits per heavy atom. The first kappa shape index (κ1) is 12.9. The van der Waals surface area contributed by atoms with Crippen LogP contribution in [0.2, 0.25) is 0 Å². The van der Waals surface area contributed by atoms with E-state index in [2.05, 4.69) is 5.32 Å². The first-order chi connectivity index (χ1) is 7.56. The summed E-state index contributed by atoms with van der Waals surface area (Å²) in [6.45, 7) is 6.79. The van der Waals surface area contributed by atoms with Crippen molar-refractivity contribution >= 4 is 5.78 Å². The Morgan fingerprint density at radius 2 is 1.81 bits per heavy atom. The Labute approximate surface area is 96.5 Å². The Balaban J connectivity index is 2.79. The average Bonchev–Trinajstić information content (AvgIpc) is 2.23. The van der Waals surface area contributed by atoms with Gasteiger partial charge in [-0.05, 0) is 43.5 Å². The van der Waals surface area contributed by atoms with Gasteiger partial charge in [-0.25, -0.2) is 0 Å². The molecule has 0 aliphatic rings. The highest BCUT2D eigenvalue weighted by Crippen LogP contribution is 2.15. The first-order valence-corrected chi connectivity index (χ1v) is 5.49. The predicted octanol–water partition coefficient (Wildman–Crippen LogP) is 1.38. The minimum absolute atomic E-state index is 0.0547. The van der Waals surface area contributed by atoms with Crippen molar-refractivity contribution in [3.05, 3.63) is 34.4 Å². The molecule has 0 aliphatic carbocycles. The van der Waals surface area contributed by atoms with Gasteiger partial charge in [0.15, 0.2) is 5.78 Å². The summed E-state index contributed by atoms with van der Waals surface area (Å²) in [5.74, 6) is 0.0778. The largest absolute Gasteiger partial charge is 0.395 e. The number of carbonyl (C=O) groups excluding carboxylic acids is 1. The second-order valence-electron chi connectivity index (χ2n) is 4.07. The Kier molecular flexibility index (Phi) is 4.65. The van der Waals surface area contributed by atoms with Crippen LogP contribution in [0.1, 0.15) is 27.0 Å². The number of nitrogens with one attached hydrogen (secondary N) is 1. The summed E-state index contributed by atoms with van der Waals surface area (Å²) in [6.07, 6.45) is 0. The van der Waals surface area contributed by atoms with Gasteiger partial charge in [-0.1, -0.05) is 6.07 Å². The molecule has 0 heterocycles. The van der Waals surface area contributed by atoms with E-state index in [1.807, 2.05) is 32.9 Å². The van der Waals surface area contributed by atoms with Gasteiger partial charge >= 0.3 is 0 Å². The van der Waals surface area contributed by atoms with E-state index in [-0.39, 0.29) is 18.9 Å². The molecule has 0 spiro atoms. The van der Waals surface area contributed by atoms with Crippen molar-refractivity contribution in [2.45, 2.75) is 20.8 Å². The molecule has 1 rings (SSSR count). The number of benzene rings is 1. The normalized spacial score (nSPS) is 10.5. The second kappa shape index (κ2) is 5.77. The lowest BCUT2D eigenvalue weighted by Crippen LogP contribution is -2.26. The zero-order chi connectivity index (χ0) is 12.1. The van der Waals surface area contributed by atoms with Crippen molar-refractivity contribution in [3.8, 4) is 0 Å². The number of Topliss-reactive ketones (excluding diaryl/α,β-unsaturated/α-hetero) is 1. The van der Waals surface area contributed by atoms with Gasteiger partial charge in [0.25, 0.3) is 0 Å². The fourth-order valence-electron chi connectivity index (χ4n) is 1.64. The maximum Gasteiger partial charge on any atom is 0.176 e. The van der Waals surface area contributed by atoms with Gasteiger partial charge in [-0.3, -0.25) is 4.79 Å². The smallest absolute Gasteiger partial charge is 0.176 e. The van der Waals surface area contributed by atoms with Crippen LogP contribution < -0.4 is 5.32 Å². The Bertz CT molecular complexity index is 386. The molecule has 2 N–H and O–H groups in total. The van der Waals surface area contributed by atoms with E-state index in [0.29, 0.717) is 6.54 Å². The minimum Gasteiger partial charge on any atom is -0.395 e. The SMILES string of the molecule is Cc1cc(C)c(C(=O)CNCCO)cc1C. The Morgan fingerprint density at radius 1 is 1.19 bits per heavy atom. The van der Waals surface area contributed by atoms with Crippen LogP contribution in [-0.2, 0) is 0 Å². The van der Waals surface area contributed by atoms with Crippen LogP contribution >= 0.6 is 0 Å². The molecule has 0 amide bonds. The predicted molar refractivity (Wildman–Crippen MR) is 64.9 cm³/mol.